The van der Waals surface area contributed by atoms with Crippen molar-refractivity contribution < 1.29 is 18.9 Å². The van der Waals surface area contributed by atoms with Gasteiger partial charge in [0.2, 0.25) is 5.91 Å². The Bertz CT molecular complexity index is 1190. The number of hydrogen-bond acceptors (Lipinski definition) is 4. The van der Waals surface area contributed by atoms with Crippen molar-refractivity contribution in [2.45, 2.75) is 58.7 Å². The number of aryl methyl sites for hydroxylation is 2. The minimum atomic E-state index is -1.66. The van der Waals surface area contributed by atoms with E-state index in [4.69, 9.17) is 17.0 Å². The average molecular weight is 592 g/mol. The van der Waals surface area contributed by atoms with Gasteiger partial charge in [0.1, 0.15) is 27.9 Å². The molecule has 2 aromatic rings. The highest BCUT2D eigenvalue weighted by molar-refractivity contribution is 7.82. The van der Waals surface area contributed by atoms with Crippen LogP contribution in [0.25, 0.3) is 0 Å². The van der Waals surface area contributed by atoms with Gasteiger partial charge < -0.3 is 19.9 Å². The van der Waals surface area contributed by atoms with Crippen LogP contribution in [0.5, 0.6) is 0 Å². The van der Waals surface area contributed by atoms with Crippen molar-refractivity contribution in [1.29, 1.82) is 5.41 Å². The molecule has 1 amide bonds. The van der Waals surface area contributed by atoms with Crippen molar-refractivity contribution >= 4 is 40.3 Å². The number of benzene rings is 1. The minimum absolute atomic E-state index is 0.0418. The molecule has 2 heterocycles. The molecule has 1 aromatic heterocycles. The molecule has 1 aliphatic heterocycles. The van der Waals surface area contributed by atoms with E-state index in [-0.39, 0.29) is 19.6 Å². The lowest BCUT2D eigenvalue weighted by Crippen LogP contribution is -2.59. The lowest BCUT2D eigenvalue weighted by molar-refractivity contribution is -0.154. The van der Waals surface area contributed by atoms with E-state index in [2.05, 4.69) is 18.1 Å². The van der Waals surface area contributed by atoms with E-state index >= 15 is 0 Å². The number of aromatic nitrogens is 1. The van der Waals surface area contributed by atoms with Crippen LogP contribution in [0, 0.1) is 19.3 Å². The van der Waals surface area contributed by atoms with Gasteiger partial charge in [-0.3, -0.25) is 10.2 Å². The van der Waals surface area contributed by atoms with E-state index in [1.807, 2.05) is 34.6 Å². The first-order valence-corrected chi connectivity index (χ1v) is 14.6. The number of likely N-dealkylation sites (N-methyl/N-ethyl adjacent to an activating group) is 1. The van der Waals surface area contributed by atoms with Crippen molar-refractivity contribution in [2.75, 3.05) is 26.7 Å². The summed E-state index contributed by atoms with van der Waals surface area (Å²) in [5.41, 5.74) is 3.29. The lowest BCUT2D eigenvalue weighted by Gasteiger charge is -2.38. The molecule has 0 radical (unpaired) electrons. The zero-order valence-corrected chi connectivity index (χ0v) is 25.9. The van der Waals surface area contributed by atoms with Crippen LogP contribution in [0.3, 0.4) is 0 Å². The molecule has 0 saturated carbocycles. The molecule has 0 aliphatic carbocycles. The van der Waals surface area contributed by atoms with Crippen molar-refractivity contribution in [3.8, 4) is 0 Å². The number of carbonyl (C=O) groups excluding carboxylic acids is 1. The second kappa shape index (κ2) is 16.8. The van der Waals surface area contributed by atoms with Crippen LogP contribution in [-0.4, -0.2) is 78.8 Å². The maximum absolute atomic E-state index is 13.0. The van der Waals surface area contributed by atoms with Crippen LogP contribution in [0.2, 0.25) is 0 Å². The Morgan fingerprint density at radius 2 is 1.88 bits per heavy atom. The molecule has 2 unspecified atom stereocenters. The summed E-state index contributed by atoms with van der Waals surface area (Å²) in [4.78, 5) is 31.0. The lowest BCUT2D eigenvalue weighted by atomic mass is 10.1. The molecule has 3 N–H and O–H groups in total. The van der Waals surface area contributed by atoms with Gasteiger partial charge in [0.15, 0.2) is 0 Å². The van der Waals surface area contributed by atoms with E-state index in [9.17, 15) is 18.9 Å². The molecular formula is C29H42ClN5O4S. The number of aromatic amines is 1. The van der Waals surface area contributed by atoms with Crippen LogP contribution in [0.4, 0.5) is 0 Å². The van der Waals surface area contributed by atoms with Gasteiger partial charge >= 0.3 is 5.97 Å². The Hall–Kier alpha value is -3.21. The van der Waals surface area contributed by atoms with Gasteiger partial charge in [-0.1, -0.05) is 69.3 Å². The number of halogens is 1. The quantitative estimate of drug-likeness (QED) is 0.214. The van der Waals surface area contributed by atoms with E-state index in [1.165, 1.54) is 9.21 Å². The highest BCUT2D eigenvalue weighted by atomic mass is 35.5. The largest absolute Gasteiger partial charge is 0.480 e. The zero-order valence-electron chi connectivity index (χ0n) is 24.3. The molecule has 1 saturated heterocycles. The number of piperazine rings is 1. The minimum Gasteiger partial charge on any atom is -0.480 e. The molecule has 9 nitrogen and oxygen atoms in total. The van der Waals surface area contributed by atoms with Gasteiger partial charge in [0.05, 0.1) is 6.54 Å². The number of carboxylic acids is 1. The molecule has 2 atom stereocenters. The number of allylic oxidation sites excluding steroid dienone is 1. The fourth-order valence-electron chi connectivity index (χ4n) is 3.64. The van der Waals surface area contributed by atoms with Gasteiger partial charge in [-0.2, -0.15) is 0 Å². The smallest absolute Gasteiger partial charge is 0.327 e. The average Bonchev–Trinajstić information content (AvgIpc) is 3.28. The summed E-state index contributed by atoms with van der Waals surface area (Å²) in [7, 11) is 0.137. The highest BCUT2D eigenvalue weighted by Gasteiger charge is 2.39. The molecule has 220 valence electrons. The van der Waals surface area contributed by atoms with Crippen molar-refractivity contribution in [3.05, 3.63) is 77.0 Å². The van der Waals surface area contributed by atoms with Gasteiger partial charge in [-0.15, -0.1) is 6.58 Å². The summed E-state index contributed by atoms with van der Waals surface area (Å²) in [5, 5.41) is 19.2. The number of nitrogens with zero attached hydrogens (tertiary/aromatic N) is 3. The number of nitrogens with one attached hydrogen (secondary N) is 2. The fourth-order valence-corrected chi connectivity index (χ4v) is 4.94. The van der Waals surface area contributed by atoms with Crippen LogP contribution in [-0.2, 0) is 27.1 Å². The second-order valence-corrected chi connectivity index (χ2v) is 11.0. The van der Waals surface area contributed by atoms with Crippen LogP contribution < -0.4 is 0 Å². The summed E-state index contributed by atoms with van der Waals surface area (Å²) >= 11 is 5.27. The summed E-state index contributed by atoms with van der Waals surface area (Å²) in [6.45, 7) is 17.3. The molecular weight excluding hydrogens is 550 g/mol. The maximum Gasteiger partial charge on any atom is 0.327 e. The number of carbonyl (C=O) groups is 2. The normalized spacial score (nSPS) is 15.6. The number of aliphatic carboxylic acids is 1. The Labute approximate surface area is 245 Å². The second-order valence-electron chi connectivity index (χ2n) is 8.97. The first-order chi connectivity index (χ1) is 18.9. The number of amides is 1. The van der Waals surface area contributed by atoms with Gasteiger partial charge in [-0.05, 0) is 37.5 Å². The molecule has 0 bridgehead atoms. The first kappa shape index (κ1) is 34.8. The molecule has 40 heavy (non-hydrogen) atoms. The van der Waals surface area contributed by atoms with Crippen molar-refractivity contribution in [3.63, 3.8) is 0 Å². The third kappa shape index (κ3) is 9.76. The Morgan fingerprint density at radius 1 is 1.30 bits per heavy atom. The fraction of sp³-hybridized carbons (Fsp3) is 0.414. The molecule has 11 heteroatoms. The number of carboxylic acid groups (broad SMARTS) is 1. The molecule has 3 rings (SSSR count). The number of amidine groups is 1. The third-order valence-corrected chi connectivity index (χ3v) is 7.70. The van der Waals surface area contributed by atoms with E-state index in [1.54, 1.807) is 48.4 Å². The topological polar surface area (TPSA) is 121 Å². The highest BCUT2D eigenvalue weighted by Crippen LogP contribution is 2.21. The van der Waals surface area contributed by atoms with Crippen LogP contribution in [0.1, 0.15) is 49.6 Å². The molecule has 1 fully saturated rings. The van der Waals surface area contributed by atoms with Crippen LogP contribution in [0.15, 0.2) is 59.6 Å². The molecule has 1 aliphatic rings. The van der Waals surface area contributed by atoms with Crippen LogP contribution >= 0.6 is 11.6 Å². The van der Waals surface area contributed by atoms with Gasteiger partial charge in [0.25, 0.3) is 0 Å². The first-order valence-electron chi connectivity index (χ1n) is 13.1. The summed E-state index contributed by atoms with van der Waals surface area (Å²) in [6.07, 6.45) is 2.59. The van der Waals surface area contributed by atoms with Gasteiger partial charge in [-0.25, -0.2) is 13.3 Å². The maximum atomic E-state index is 13.0. The predicted molar refractivity (Wildman–Crippen MR) is 163 cm³/mol. The Kier molecular flexibility index (Phi) is 14.6. The van der Waals surface area contributed by atoms with Crippen molar-refractivity contribution in [1.82, 2.24) is 19.1 Å². The summed E-state index contributed by atoms with van der Waals surface area (Å²) < 4.78 is 14.3. The van der Waals surface area contributed by atoms with E-state index < -0.39 is 28.9 Å². The monoisotopic (exact) mass is 591 g/mol. The SMILES string of the molecule is C=C(Cl)CC.C=CCN(C)C(=N)c1ccc(CN2C(=O)CN(S(=O)c3cc(C)c(C)[nH]3)CC2C(=O)O)cc1.CC. The predicted octanol–water partition coefficient (Wildman–Crippen LogP) is 5.07. The third-order valence-electron chi connectivity index (χ3n) is 6.09. The summed E-state index contributed by atoms with van der Waals surface area (Å²) in [5.74, 6) is -1.20. The number of rotatable bonds is 9. The number of H-pyrrole nitrogens is 1. The Morgan fingerprint density at radius 3 is 2.33 bits per heavy atom. The molecule has 1 aromatic carbocycles. The van der Waals surface area contributed by atoms with E-state index in [0.29, 0.717) is 23.0 Å². The molecule has 0 spiro atoms. The standard InChI is InChI=1S/C23H29N5O4S.C4H7Cl.C2H6/c1-5-10-26(4)22(24)18-8-6-17(7-9-18)12-28-19(23(30)31)13-27(14-21(28)29)33(32)20-11-15(2)16(3)25-20;1-3-4(2)5;1-2/h5-9,11,19,24-25H,1,10,12-14H2,2-4H3,(H,30,31);2-3H2,1H3;1-2H3. The van der Waals surface area contributed by atoms with Crippen molar-refractivity contribution in [2.24, 2.45) is 0 Å². The zero-order chi connectivity index (χ0) is 30.6. The van der Waals surface area contributed by atoms with Gasteiger partial charge in [0, 0.05) is 43.0 Å². The number of hydrogen-bond donors (Lipinski definition) is 3. The van der Waals surface area contributed by atoms with E-state index in [0.717, 1.165) is 28.3 Å². The Balaban J connectivity index is 0.00000103. The summed E-state index contributed by atoms with van der Waals surface area (Å²) in [6, 6.07) is 7.75.